The highest BCUT2D eigenvalue weighted by atomic mass is 16.5. The van der Waals surface area contributed by atoms with Crippen molar-refractivity contribution < 1.29 is 9.84 Å². The lowest BCUT2D eigenvalue weighted by Crippen LogP contribution is -2.51. The van der Waals surface area contributed by atoms with E-state index in [1.54, 1.807) is 0 Å². The van der Waals surface area contributed by atoms with Crippen LogP contribution in [-0.4, -0.2) is 34.5 Å². The lowest BCUT2D eigenvalue weighted by atomic mass is 9.71. The minimum absolute atomic E-state index is 0.0711. The van der Waals surface area contributed by atoms with Crippen molar-refractivity contribution >= 4 is 0 Å². The van der Waals surface area contributed by atoms with E-state index in [0.717, 1.165) is 32.1 Å². The van der Waals surface area contributed by atoms with Crippen LogP contribution in [0.5, 0.6) is 0 Å². The van der Waals surface area contributed by atoms with E-state index in [2.05, 4.69) is 46.9 Å². The van der Waals surface area contributed by atoms with Crippen LogP contribution in [0.4, 0.5) is 0 Å². The molecule has 3 heteroatoms. The minimum atomic E-state index is -0.529. The molecule has 1 saturated heterocycles. The van der Waals surface area contributed by atoms with Gasteiger partial charge in [-0.1, -0.05) is 13.8 Å². The van der Waals surface area contributed by atoms with E-state index < -0.39 is 5.60 Å². The molecular formula is C17H33NO2. The van der Waals surface area contributed by atoms with E-state index in [1.165, 1.54) is 0 Å². The van der Waals surface area contributed by atoms with Gasteiger partial charge in [-0.2, -0.15) is 0 Å². The summed E-state index contributed by atoms with van der Waals surface area (Å²) in [6, 6.07) is 0.316. The van der Waals surface area contributed by atoms with Crippen LogP contribution in [0, 0.1) is 5.41 Å². The van der Waals surface area contributed by atoms with Crippen molar-refractivity contribution in [1.29, 1.82) is 0 Å². The van der Waals surface area contributed by atoms with Crippen LogP contribution < -0.4 is 5.32 Å². The molecule has 0 amide bonds. The second-order valence-corrected chi connectivity index (χ2v) is 8.99. The Bertz CT molecular complexity index is 350. The summed E-state index contributed by atoms with van der Waals surface area (Å²) in [5.41, 5.74) is -0.367. The van der Waals surface area contributed by atoms with Gasteiger partial charge < -0.3 is 15.2 Å². The summed E-state index contributed by atoms with van der Waals surface area (Å²) < 4.78 is 6.11. The zero-order chi connectivity index (χ0) is 15.2. The normalized spacial score (nSPS) is 34.0. The number of hydrogen-bond donors (Lipinski definition) is 2. The smallest absolute Gasteiger partial charge is 0.0787 e. The van der Waals surface area contributed by atoms with Crippen LogP contribution in [-0.2, 0) is 4.74 Å². The van der Waals surface area contributed by atoms with E-state index in [9.17, 15) is 5.11 Å². The molecule has 1 atom stereocenters. The molecule has 1 aliphatic carbocycles. The van der Waals surface area contributed by atoms with Crippen LogP contribution in [0.2, 0.25) is 0 Å². The molecule has 0 aromatic carbocycles. The molecule has 2 rings (SSSR count). The Kier molecular flexibility index (Phi) is 4.03. The standard InChI is InChI=1S/C17H33NO2/c1-14(2)7-9-17(19,10-8-14)12-18-13-11-15(3,4)20-16(13,5)6/h13,18-19H,7-12H2,1-6H3. The zero-order valence-corrected chi connectivity index (χ0v) is 14.2. The van der Waals surface area contributed by atoms with Gasteiger partial charge in [-0.25, -0.2) is 0 Å². The van der Waals surface area contributed by atoms with Crippen molar-refractivity contribution in [2.75, 3.05) is 6.54 Å². The van der Waals surface area contributed by atoms with Crippen LogP contribution in [0.15, 0.2) is 0 Å². The average Bonchev–Trinajstić information content (AvgIpc) is 2.49. The van der Waals surface area contributed by atoms with Crippen molar-refractivity contribution in [2.24, 2.45) is 5.41 Å². The highest BCUT2D eigenvalue weighted by Gasteiger charge is 2.46. The van der Waals surface area contributed by atoms with Crippen LogP contribution in [0.1, 0.15) is 73.6 Å². The highest BCUT2D eigenvalue weighted by Crippen LogP contribution is 2.41. The van der Waals surface area contributed by atoms with Gasteiger partial charge in [-0.05, 0) is 65.2 Å². The SMILES string of the molecule is CC1(C)CCC(O)(CNC2CC(C)(C)OC2(C)C)CC1. The Morgan fingerprint density at radius 1 is 1.00 bits per heavy atom. The number of nitrogens with one attached hydrogen (secondary N) is 1. The predicted molar refractivity (Wildman–Crippen MR) is 82.8 cm³/mol. The summed E-state index contributed by atoms with van der Waals surface area (Å²) in [4.78, 5) is 0. The molecule has 0 radical (unpaired) electrons. The van der Waals surface area contributed by atoms with E-state index >= 15 is 0 Å². The van der Waals surface area contributed by atoms with Gasteiger partial charge in [0.05, 0.1) is 16.8 Å². The largest absolute Gasteiger partial charge is 0.389 e. The van der Waals surface area contributed by atoms with Gasteiger partial charge in [0.25, 0.3) is 0 Å². The molecular weight excluding hydrogens is 250 g/mol. The van der Waals surface area contributed by atoms with Gasteiger partial charge in [-0.3, -0.25) is 0 Å². The maximum absolute atomic E-state index is 10.8. The molecule has 2 fully saturated rings. The fourth-order valence-electron chi connectivity index (χ4n) is 3.76. The molecule has 1 aliphatic heterocycles. The van der Waals surface area contributed by atoms with Gasteiger partial charge in [0.2, 0.25) is 0 Å². The quantitative estimate of drug-likeness (QED) is 0.835. The summed E-state index contributed by atoms with van der Waals surface area (Å²) in [7, 11) is 0. The van der Waals surface area contributed by atoms with Gasteiger partial charge >= 0.3 is 0 Å². The second kappa shape index (κ2) is 4.96. The second-order valence-electron chi connectivity index (χ2n) is 8.99. The molecule has 1 heterocycles. The Morgan fingerprint density at radius 3 is 2.00 bits per heavy atom. The molecule has 0 aromatic heterocycles. The Hall–Kier alpha value is -0.120. The topological polar surface area (TPSA) is 41.5 Å². The first-order chi connectivity index (χ1) is 8.93. The molecule has 2 aliphatic rings. The fraction of sp³-hybridized carbons (Fsp3) is 1.00. The third-order valence-corrected chi connectivity index (χ3v) is 5.29. The molecule has 3 nitrogen and oxygen atoms in total. The highest BCUT2D eigenvalue weighted by molar-refractivity contribution is 5.00. The molecule has 20 heavy (non-hydrogen) atoms. The van der Waals surface area contributed by atoms with Crippen molar-refractivity contribution in [3.63, 3.8) is 0 Å². The zero-order valence-electron chi connectivity index (χ0n) is 14.2. The van der Waals surface area contributed by atoms with Gasteiger partial charge in [-0.15, -0.1) is 0 Å². The van der Waals surface area contributed by atoms with Gasteiger partial charge in [0.1, 0.15) is 0 Å². The van der Waals surface area contributed by atoms with Crippen LogP contribution in [0.25, 0.3) is 0 Å². The van der Waals surface area contributed by atoms with Crippen molar-refractivity contribution in [3.8, 4) is 0 Å². The Morgan fingerprint density at radius 2 is 1.55 bits per heavy atom. The monoisotopic (exact) mass is 283 g/mol. The Labute approximate surface area is 124 Å². The number of hydrogen-bond acceptors (Lipinski definition) is 3. The molecule has 0 aromatic rings. The molecule has 0 bridgehead atoms. The third kappa shape index (κ3) is 3.75. The first-order valence-electron chi connectivity index (χ1n) is 8.09. The van der Waals surface area contributed by atoms with Crippen LogP contribution >= 0.6 is 0 Å². The fourth-order valence-corrected chi connectivity index (χ4v) is 3.76. The minimum Gasteiger partial charge on any atom is -0.389 e. The molecule has 0 spiro atoms. The van der Waals surface area contributed by atoms with E-state index in [-0.39, 0.29) is 11.2 Å². The third-order valence-electron chi connectivity index (χ3n) is 5.29. The maximum Gasteiger partial charge on any atom is 0.0787 e. The molecule has 1 unspecified atom stereocenters. The van der Waals surface area contributed by atoms with Gasteiger partial charge in [0, 0.05) is 12.6 Å². The van der Waals surface area contributed by atoms with Crippen LogP contribution in [0.3, 0.4) is 0 Å². The molecule has 1 saturated carbocycles. The Balaban J connectivity index is 1.89. The summed E-state index contributed by atoms with van der Waals surface area (Å²) in [5.74, 6) is 0. The number of aliphatic hydroxyl groups is 1. The summed E-state index contributed by atoms with van der Waals surface area (Å²) in [5, 5.41) is 14.4. The van der Waals surface area contributed by atoms with Gasteiger partial charge in [0.15, 0.2) is 0 Å². The predicted octanol–water partition coefficient (Wildman–Crippen LogP) is 3.25. The maximum atomic E-state index is 10.8. The first-order valence-corrected chi connectivity index (χ1v) is 8.09. The summed E-state index contributed by atoms with van der Waals surface area (Å²) in [6.45, 7) is 13.9. The average molecular weight is 283 g/mol. The number of rotatable bonds is 3. The van der Waals surface area contributed by atoms with Crippen molar-refractivity contribution in [1.82, 2.24) is 5.32 Å². The van der Waals surface area contributed by atoms with Crippen molar-refractivity contribution in [3.05, 3.63) is 0 Å². The lowest BCUT2D eigenvalue weighted by molar-refractivity contribution is -0.0730. The summed E-state index contributed by atoms with van der Waals surface area (Å²) in [6.07, 6.45) is 5.04. The van der Waals surface area contributed by atoms with E-state index in [0.29, 0.717) is 18.0 Å². The lowest BCUT2D eigenvalue weighted by Gasteiger charge is -2.41. The number of ether oxygens (including phenoxy) is 1. The first kappa shape index (κ1) is 16.3. The molecule has 118 valence electrons. The van der Waals surface area contributed by atoms with Crippen molar-refractivity contribution in [2.45, 2.75) is 96.5 Å². The van der Waals surface area contributed by atoms with E-state index in [4.69, 9.17) is 4.74 Å². The summed E-state index contributed by atoms with van der Waals surface area (Å²) >= 11 is 0. The van der Waals surface area contributed by atoms with E-state index in [1.807, 2.05) is 0 Å². The molecule has 2 N–H and O–H groups in total.